The second-order valence-electron chi connectivity index (χ2n) is 4.23. The van der Waals surface area contributed by atoms with Crippen LogP contribution in [0.25, 0.3) is 0 Å². The Morgan fingerprint density at radius 2 is 1.95 bits per heavy atom. The lowest BCUT2D eigenvalue weighted by Gasteiger charge is -2.09. The predicted molar refractivity (Wildman–Crippen MR) is 69.6 cm³/mol. The van der Waals surface area contributed by atoms with Gasteiger partial charge in [-0.25, -0.2) is 8.78 Å². The Hall–Kier alpha value is -2.41. The minimum Gasteiger partial charge on any atom is -0.381 e. The number of anilines is 1. The average molecular weight is 258 g/mol. The number of benzene rings is 2. The number of nitrogens with one attached hydrogen (secondary N) is 1. The Kier molecular flexibility index (Phi) is 3.76. The van der Waals surface area contributed by atoms with Crippen LogP contribution in [0.4, 0.5) is 14.5 Å². The van der Waals surface area contributed by atoms with Crippen LogP contribution in [0.2, 0.25) is 0 Å². The summed E-state index contributed by atoms with van der Waals surface area (Å²) in [5.74, 6) is -1.16. The molecule has 19 heavy (non-hydrogen) atoms. The molecule has 0 fully saturated rings. The largest absolute Gasteiger partial charge is 0.381 e. The topological polar surface area (TPSA) is 35.8 Å². The first-order valence-corrected chi connectivity index (χ1v) is 5.78. The molecule has 2 aromatic carbocycles. The fraction of sp³-hybridized carbons (Fsp3) is 0.133. The number of halogens is 2. The molecular weight excluding hydrogens is 246 g/mol. The second-order valence-corrected chi connectivity index (χ2v) is 4.23. The molecule has 2 aromatic rings. The van der Waals surface area contributed by atoms with E-state index in [-0.39, 0.29) is 6.54 Å². The second kappa shape index (κ2) is 5.49. The summed E-state index contributed by atoms with van der Waals surface area (Å²) in [6, 6.07) is 10.9. The van der Waals surface area contributed by atoms with E-state index >= 15 is 0 Å². The first-order chi connectivity index (χ1) is 9.10. The molecule has 0 aliphatic rings. The normalized spacial score (nSPS) is 10.0. The van der Waals surface area contributed by atoms with Gasteiger partial charge in [0, 0.05) is 23.9 Å². The third-order valence-electron chi connectivity index (χ3n) is 2.84. The van der Waals surface area contributed by atoms with Crippen molar-refractivity contribution >= 4 is 5.69 Å². The van der Waals surface area contributed by atoms with Crippen molar-refractivity contribution < 1.29 is 8.78 Å². The molecule has 0 aliphatic heterocycles. The highest BCUT2D eigenvalue weighted by Gasteiger charge is 2.04. The highest BCUT2D eigenvalue weighted by Crippen LogP contribution is 2.16. The maximum Gasteiger partial charge on any atom is 0.131 e. The Bertz CT molecular complexity index is 645. The molecule has 0 aromatic heterocycles. The molecule has 0 saturated heterocycles. The molecule has 2 rings (SSSR count). The van der Waals surface area contributed by atoms with Crippen LogP contribution < -0.4 is 5.32 Å². The molecule has 0 radical (unpaired) electrons. The van der Waals surface area contributed by atoms with Gasteiger partial charge in [-0.3, -0.25) is 0 Å². The van der Waals surface area contributed by atoms with E-state index in [1.165, 1.54) is 12.1 Å². The van der Waals surface area contributed by atoms with Crippen molar-refractivity contribution in [2.75, 3.05) is 5.32 Å². The fourth-order valence-corrected chi connectivity index (χ4v) is 1.76. The molecule has 0 amide bonds. The van der Waals surface area contributed by atoms with Crippen LogP contribution in [0.5, 0.6) is 0 Å². The summed E-state index contributed by atoms with van der Waals surface area (Å²) in [5.41, 5.74) is 2.65. The summed E-state index contributed by atoms with van der Waals surface area (Å²) >= 11 is 0. The van der Waals surface area contributed by atoms with Crippen LogP contribution in [-0.4, -0.2) is 0 Å². The van der Waals surface area contributed by atoms with Crippen molar-refractivity contribution in [3.05, 3.63) is 64.7 Å². The Morgan fingerprint density at radius 1 is 1.16 bits per heavy atom. The van der Waals surface area contributed by atoms with Crippen LogP contribution >= 0.6 is 0 Å². The molecule has 0 spiro atoms. The summed E-state index contributed by atoms with van der Waals surface area (Å²) in [6.45, 7) is 2.10. The van der Waals surface area contributed by atoms with E-state index in [1.54, 1.807) is 12.1 Å². The van der Waals surface area contributed by atoms with E-state index in [2.05, 4.69) is 11.4 Å². The van der Waals surface area contributed by atoms with Crippen LogP contribution in [0.1, 0.15) is 16.7 Å². The van der Waals surface area contributed by atoms with Crippen LogP contribution in [0.15, 0.2) is 36.4 Å². The van der Waals surface area contributed by atoms with Crippen LogP contribution in [0, 0.1) is 29.9 Å². The zero-order valence-corrected chi connectivity index (χ0v) is 10.4. The van der Waals surface area contributed by atoms with E-state index in [0.717, 1.165) is 17.3 Å². The van der Waals surface area contributed by atoms with Gasteiger partial charge in [0.2, 0.25) is 0 Å². The average Bonchev–Trinajstić information content (AvgIpc) is 2.38. The number of rotatable bonds is 3. The van der Waals surface area contributed by atoms with Crippen molar-refractivity contribution in [2.24, 2.45) is 0 Å². The van der Waals surface area contributed by atoms with Gasteiger partial charge in [-0.1, -0.05) is 6.07 Å². The molecule has 0 atom stereocenters. The third kappa shape index (κ3) is 3.08. The van der Waals surface area contributed by atoms with Gasteiger partial charge in [0.15, 0.2) is 0 Å². The molecule has 4 heteroatoms. The molecule has 96 valence electrons. The smallest absolute Gasteiger partial charge is 0.131 e. The molecule has 0 saturated carbocycles. The SMILES string of the molecule is Cc1cc(NCc2ccc(F)cc2F)ccc1C#N. The monoisotopic (exact) mass is 258 g/mol. The zero-order valence-electron chi connectivity index (χ0n) is 10.4. The van der Waals surface area contributed by atoms with Crippen molar-refractivity contribution in [1.29, 1.82) is 5.26 Å². The molecule has 2 nitrogen and oxygen atoms in total. The minimum atomic E-state index is -0.588. The Morgan fingerprint density at radius 3 is 2.58 bits per heavy atom. The number of nitriles is 1. The van der Waals surface area contributed by atoms with Gasteiger partial charge in [-0.05, 0) is 36.8 Å². The lowest BCUT2D eigenvalue weighted by atomic mass is 10.1. The van der Waals surface area contributed by atoms with Gasteiger partial charge in [-0.2, -0.15) is 5.26 Å². The van der Waals surface area contributed by atoms with E-state index in [9.17, 15) is 8.78 Å². The van der Waals surface area contributed by atoms with Crippen LogP contribution in [-0.2, 0) is 6.54 Å². The summed E-state index contributed by atoms with van der Waals surface area (Å²) in [7, 11) is 0. The van der Waals surface area contributed by atoms with Gasteiger partial charge >= 0.3 is 0 Å². The fourth-order valence-electron chi connectivity index (χ4n) is 1.76. The maximum absolute atomic E-state index is 13.4. The van der Waals surface area contributed by atoms with E-state index in [0.29, 0.717) is 11.1 Å². The quantitative estimate of drug-likeness (QED) is 0.909. The lowest BCUT2D eigenvalue weighted by Crippen LogP contribution is -2.02. The standard InChI is InChI=1S/C15H12F2N2/c1-10-6-14(5-3-11(10)8-18)19-9-12-2-4-13(16)7-15(12)17/h2-7,19H,9H2,1H3. The number of hydrogen-bond donors (Lipinski definition) is 1. The molecule has 0 heterocycles. The number of nitrogens with zero attached hydrogens (tertiary/aromatic N) is 1. The minimum absolute atomic E-state index is 0.261. The Labute approximate surface area is 110 Å². The summed E-state index contributed by atoms with van der Waals surface area (Å²) < 4.78 is 26.2. The first-order valence-electron chi connectivity index (χ1n) is 5.78. The molecule has 0 aliphatic carbocycles. The van der Waals surface area contributed by atoms with Crippen molar-refractivity contribution in [3.8, 4) is 6.07 Å². The first kappa shape index (κ1) is 13.0. The third-order valence-corrected chi connectivity index (χ3v) is 2.84. The molecule has 0 bridgehead atoms. The molecule has 1 N–H and O–H groups in total. The summed E-state index contributed by atoms with van der Waals surface area (Å²) in [5, 5.41) is 11.9. The van der Waals surface area contributed by atoms with Crippen molar-refractivity contribution in [2.45, 2.75) is 13.5 Å². The van der Waals surface area contributed by atoms with E-state index in [1.807, 2.05) is 13.0 Å². The predicted octanol–water partition coefficient (Wildman–Crippen LogP) is 3.76. The summed E-state index contributed by atoms with van der Waals surface area (Å²) in [6.07, 6.45) is 0. The van der Waals surface area contributed by atoms with Gasteiger partial charge in [0.05, 0.1) is 11.6 Å². The summed E-state index contributed by atoms with van der Waals surface area (Å²) in [4.78, 5) is 0. The maximum atomic E-state index is 13.4. The zero-order chi connectivity index (χ0) is 13.8. The van der Waals surface area contributed by atoms with E-state index < -0.39 is 11.6 Å². The number of aryl methyl sites for hydroxylation is 1. The van der Waals surface area contributed by atoms with Crippen molar-refractivity contribution in [1.82, 2.24) is 0 Å². The van der Waals surface area contributed by atoms with Gasteiger partial charge in [0.1, 0.15) is 11.6 Å². The highest BCUT2D eigenvalue weighted by atomic mass is 19.1. The molecular formula is C15H12F2N2. The Balaban J connectivity index is 2.10. The lowest BCUT2D eigenvalue weighted by molar-refractivity contribution is 0.574. The highest BCUT2D eigenvalue weighted by molar-refractivity contribution is 5.51. The van der Waals surface area contributed by atoms with Crippen molar-refractivity contribution in [3.63, 3.8) is 0 Å². The van der Waals surface area contributed by atoms with Crippen LogP contribution in [0.3, 0.4) is 0 Å². The van der Waals surface area contributed by atoms with Gasteiger partial charge in [0.25, 0.3) is 0 Å². The number of hydrogen-bond acceptors (Lipinski definition) is 2. The molecule has 0 unspecified atom stereocenters. The van der Waals surface area contributed by atoms with Gasteiger partial charge in [-0.15, -0.1) is 0 Å². The van der Waals surface area contributed by atoms with Gasteiger partial charge < -0.3 is 5.32 Å². The van der Waals surface area contributed by atoms with E-state index in [4.69, 9.17) is 5.26 Å².